The Balaban J connectivity index is 0.699. The molecule has 0 bridgehead atoms. The number of nitrogens with one attached hydrogen (secondary N) is 4. The van der Waals surface area contributed by atoms with E-state index in [9.17, 15) is 28.8 Å². The zero-order chi connectivity index (χ0) is 70.9. The minimum atomic E-state index is -1.23. The average molecular weight is 1410 g/mol. The normalized spacial score (nSPS) is 16.8. The summed E-state index contributed by atoms with van der Waals surface area (Å²) in [7, 11) is 0. The molecule has 2 fully saturated rings. The molecule has 6 amide bonds. The first-order valence-corrected chi connectivity index (χ1v) is 36.1. The SMILES string of the molecule is CC[C@H](NC(=O)OCC1c2ccccc2-c2ccccc21)C(=O)N[C@H](C(=O)N1CCC[C@H]1Cn1nnnc1Sc1ccccc1)[C@@H](C)OCC#CC#CCO[C@H](C)[C@H](NC(=O)[C@H](CC)NC(=O)OCC1c2ccccc2-c2ccccc21)C(=O)N1CCC[C@H]1Cn1nnnc1Sc1ccccc1. The first kappa shape index (κ1) is 71.4. The third kappa shape index (κ3) is 17.1. The molecule has 8 atom stereocenters. The third-order valence-electron chi connectivity index (χ3n) is 18.9. The molecular weight excluding hydrogens is 1330 g/mol. The number of ether oxygens (including phenoxy) is 4. The molecule has 2 aliphatic heterocycles. The highest BCUT2D eigenvalue weighted by Crippen LogP contribution is 2.46. The van der Waals surface area contributed by atoms with Crippen molar-refractivity contribution in [2.75, 3.05) is 39.5 Å². The molecule has 4 heterocycles. The molecule has 4 aliphatic rings. The van der Waals surface area contributed by atoms with Gasteiger partial charge in [-0.3, -0.25) is 19.2 Å². The van der Waals surface area contributed by atoms with Crippen LogP contribution in [0.4, 0.5) is 9.59 Å². The quantitative estimate of drug-likeness (QED) is 0.0333. The number of aromatic nitrogens is 8. The second kappa shape index (κ2) is 34.3. The molecule has 526 valence electrons. The molecule has 24 nitrogen and oxygen atoms in total. The van der Waals surface area contributed by atoms with Gasteiger partial charge < -0.3 is 50.0 Å². The average Bonchev–Trinajstić information content (AvgIpc) is 1.62. The van der Waals surface area contributed by atoms with Crippen LogP contribution < -0.4 is 21.3 Å². The smallest absolute Gasteiger partial charge is 0.407 e. The van der Waals surface area contributed by atoms with Crippen LogP contribution in [-0.4, -0.2) is 174 Å². The van der Waals surface area contributed by atoms with E-state index >= 15 is 0 Å². The molecule has 102 heavy (non-hydrogen) atoms. The number of hydrogen-bond acceptors (Lipinski definition) is 18. The fraction of sp³-hybridized carbons (Fsp3) is 0.368. The summed E-state index contributed by atoms with van der Waals surface area (Å²) in [5.41, 5.74) is 8.49. The second-order valence-electron chi connectivity index (χ2n) is 25.2. The minimum Gasteiger partial charge on any atom is -0.449 e. The summed E-state index contributed by atoms with van der Waals surface area (Å²) < 4.78 is 27.5. The van der Waals surface area contributed by atoms with Crippen LogP contribution in [0.25, 0.3) is 22.3 Å². The Morgan fingerprint density at radius 1 is 0.490 bits per heavy atom. The van der Waals surface area contributed by atoms with Crippen LogP contribution in [0.15, 0.2) is 178 Å². The number of carbonyl (C=O) groups is 6. The molecule has 0 unspecified atom stereocenters. The maximum Gasteiger partial charge on any atom is 0.407 e. The van der Waals surface area contributed by atoms with Crippen molar-refractivity contribution in [3.8, 4) is 45.9 Å². The molecule has 4 N–H and O–H groups in total. The molecule has 0 saturated carbocycles. The number of alkyl carbamates (subject to hydrolysis) is 2. The van der Waals surface area contributed by atoms with E-state index in [1.807, 2.05) is 133 Å². The van der Waals surface area contributed by atoms with Crippen molar-refractivity contribution in [3.63, 3.8) is 0 Å². The molecule has 0 radical (unpaired) electrons. The lowest BCUT2D eigenvalue weighted by Gasteiger charge is -2.32. The number of tetrazole rings is 2. The molecule has 2 aliphatic carbocycles. The van der Waals surface area contributed by atoms with E-state index in [4.69, 9.17) is 18.9 Å². The van der Waals surface area contributed by atoms with Crippen molar-refractivity contribution >= 4 is 59.3 Å². The zero-order valence-corrected chi connectivity index (χ0v) is 58.7. The number of nitrogens with zero attached hydrogens (tertiary/aromatic N) is 10. The van der Waals surface area contributed by atoms with E-state index in [0.717, 1.165) is 54.3 Å². The molecule has 2 saturated heterocycles. The van der Waals surface area contributed by atoms with E-state index in [-0.39, 0.29) is 63.2 Å². The highest BCUT2D eigenvalue weighted by molar-refractivity contribution is 7.99. The summed E-state index contributed by atoms with van der Waals surface area (Å²) in [5.74, 6) is 8.91. The number of carbonyl (C=O) groups excluding carboxylic acids is 6. The Morgan fingerprint density at radius 3 is 1.21 bits per heavy atom. The molecule has 2 aromatic heterocycles. The van der Waals surface area contributed by atoms with Crippen LogP contribution >= 0.6 is 23.5 Å². The van der Waals surface area contributed by atoms with E-state index in [0.29, 0.717) is 62.2 Å². The number of likely N-dealkylation sites (tertiary alicyclic amines) is 2. The predicted molar refractivity (Wildman–Crippen MR) is 381 cm³/mol. The Labute approximate surface area is 600 Å². The predicted octanol–water partition coefficient (Wildman–Crippen LogP) is 9.07. The van der Waals surface area contributed by atoms with Crippen molar-refractivity contribution in [1.82, 2.24) is 71.5 Å². The number of benzene rings is 6. The lowest BCUT2D eigenvalue weighted by molar-refractivity contribution is -0.142. The standard InChI is InChI=1S/C76H80N14O10S2/c1-5-65(77-75(95)99-47-63-59-37-19-15-33-55(59)56-34-16-20-38-60(56)63)69(91)79-67(71(93)87-41-25-27-51(87)45-89-73(81-83-85-89)101-53-29-11-9-12-30-53)49(3)97-43-23-7-8-24-44-98-50(4)68(72(94)88-42-26-28-52(88)46-90-74(82-84-86-90)102-54-31-13-10-14-32-54)80-70(92)66(6-2)78-76(96)100-48-64-61-39-21-17-35-57(61)58-36-18-22-40-62(58)64/h9-22,29-40,49-52,63-68H,5-6,25-28,41-48H2,1-4H3,(H,77,95)(H,78,96)(H,79,91)(H,80,92)/t49-,50-,51+,52+,65+,66+,67+,68+/m1/s1. The van der Waals surface area contributed by atoms with Gasteiger partial charge in [-0.05, 0) is 177 Å². The maximum absolute atomic E-state index is 15.0. The van der Waals surface area contributed by atoms with Crippen molar-refractivity contribution in [3.05, 3.63) is 180 Å². The van der Waals surface area contributed by atoms with Gasteiger partial charge in [0.25, 0.3) is 0 Å². The first-order chi connectivity index (χ1) is 49.8. The molecule has 8 aromatic rings. The summed E-state index contributed by atoms with van der Waals surface area (Å²) in [4.78, 5) is 91.2. The highest BCUT2D eigenvalue weighted by atomic mass is 32.2. The van der Waals surface area contributed by atoms with Crippen LogP contribution in [-0.2, 0) is 51.2 Å². The summed E-state index contributed by atoms with van der Waals surface area (Å²) in [6, 6.07) is 46.2. The molecular formula is C76H80N14O10S2. The van der Waals surface area contributed by atoms with Crippen molar-refractivity contribution in [2.24, 2.45) is 0 Å². The number of amides is 6. The zero-order valence-electron chi connectivity index (χ0n) is 57.1. The Hall–Kier alpha value is -10.4. The van der Waals surface area contributed by atoms with Crippen LogP contribution in [0.1, 0.15) is 100 Å². The molecule has 26 heteroatoms. The molecule has 12 rings (SSSR count). The van der Waals surface area contributed by atoms with Crippen LogP contribution in [0.2, 0.25) is 0 Å². The largest absolute Gasteiger partial charge is 0.449 e. The fourth-order valence-electron chi connectivity index (χ4n) is 13.6. The Morgan fingerprint density at radius 2 is 0.843 bits per heavy atom. The van der Waals surface area contributed by atoms with Gasteiger partial charge >= 0.3 is 12.2 Å². The van der Waals surface area contributed by atoms with Crippen LogP contribution in [0, 0.1) is 23.7 Å². The van der Waals surface area contributed by atoms with Gasteiger partial charge in [-0.1, -0.05) is 159 Å². The molecule has 6 aromatic carbocycles. The lowest BCUT2D eigenvalue weighted by atomic mass is 9.98. The second-order valence-corrected chi connectivity index (χ2v) is 27.3. The van der Waals surface area contributed by atoms with Gasteiger partial charge in [0.2, 0.25) is 33.9 Å². The summed E-state index contributed by atoms with van der Waals surface area (Å²) in [6.07, 6.45) is -0.409. The number of fused-ring (bicyclic) bond motifs is 6. The van der Waals surface area contributed by atoms with Gasteiger partial charge in [-0.15, -0.1) is 10.2 Å². The maximum atomic E-state index is 15.0. The number of hydrogen-bond donors (Lipinski definition) is 4. The van der Waals surface area contributed by atoms with E-state index in [2.05, 4.69) is 100 Å². The number of rotatable bonds is 28. The fourth-order valence-corrected chi connectivity index (χ4v) is 15.2. The van der Waals surface area contributed by atoms with Gasteiger partial charge in [-0.2, -0.15) is 0 Å². The highest BCUT2D eigenvalue weighted by Gasteiger charge is 2.41. The monoisotopic (exact) mass is 1410 g/mol. The topological polar surface area (TPSA) is 281 Å². The van der Waals surface area contributed by atoms with E-state index in [1.165, 1.54) is 23.5 Å². The van der Waals surface area contributed by atoms with Crippen LogP contribution in [0.3, 0.4) is 0 Å². The molecule has 0 spiro atoms. The summed E-state index contributed by atoms with van der Waals surface area (Å²) in [6.45, 7) is 7.91. The van der Waals surface area contributed by atoms with Crippen LogP contribution in [0.5, 0.6) is 0 Å². The first-order valence-electron chi connectivity index (χ1n) is 34.5. The van der Waals surface area contributed by atoms with E-state index in [1.54, 1.807) is 46.9 Å². The Bertz CT molecular complexity index is 4040. The van der Waals surface area contributed by atoms with E-state index < -0.39 is 72.2 Å². The van der Waals surface area contributed by atoms with Crippen molar-refractivity contribution in [2.45, 2.75) is 160 Å². The summed E-state index contributed by atoms with van der Waals surface area (Å²) >= 11 is 2.81. The van der Waals surface area contributed by atoms with Crippen molar-refractivity contribution in [1.29, 1.82) is 0 Å². The van der Waals surface area contributed by atoms with Gasteiger partial charge in [0, 0.05) is 34.7 Å². The van der Waals surface area contributed by atoms with Gasteiger partial charge in [0.15, 0.2) is 0 Å². The minimum absolute atomic E-state index is 0.0429. The van der Waals surface area contributed by atoms with Gasteiger partial charge in [-0.25, -0.2) is 19.0 Å². The summed E-state index contributed by atoms with van der Waals surface area (Å²) in [5, 5.41) is 37.4. The Kier molecular flexibility index (Phi) is 24.0. The van der Waals surface area contributed by atoms with Crippen molar-refractivity contribution < 1.29 is 47.7 Å². The van der Waals surface area contributed by atoms with Gasteiger partial charge in [0.1, 0.15) is 50.6 Å². The third-order valence-corrected chi connectivity index (χ3v) is 20.8. The van der Waals surface area contributed by atoms with Gasteiger partial charge in [0.05, 0.1) is 37.4 Å². The lowest BCUT2D eigenvalue weighted by Crippen LogP contribution is -2.59.